The van der Waals surface area contributed by atoms with Crippen molar-refractivity contribution < 1.29 is 18.7 Å². The number of benzene rings is 2. The van der Waals surface area contributed by atoms with Crippen LogP contribution in [0.1, 0.15) is 10.6 Å². The quantitative estimate of drug-likeness (QED) is 0.283. The Morgan fingerprint density at radius 2 is 1.94 bits per heavy atom. The lowest BCUT2D eigenvalue weighted by molar-refractivity contribution is -0.119. The highest BCUT2D eigenvalue weighted by Crippen LogP contribution is 2.27. The van der Waals surface area contributed by atoms with Crippen molar-refractivity contribution in [2.45, 2.75) is 4.90 Å². The predicted octanol–water partition coefficient (Wildman–Crippen LogP) is 4.55. The van der Waals surface area contributed by atoms with Gasteiger partial charge in [0.05, 0.1) is 28.1 Å². The van der Waals surface area contributed by atoms with Gasteiger partial charge in [0.25, 0.3) is 11.7 Å². The number of ether oxygens (including phenoxy) is 1. The van der Waals surface area contributed by atoms with E-state index in [2.05, 4.69) is 15.4 Å². The molecule has 0 atom stereocenters. The molecule has 170 valence electrons. The fourth-order valence-corrected chi connectivity index (χ4v) is 4.28. The number of hydrogen-bond acceptors (Lipinski definition) is 8. The number of nitrogens with zero attached hydrogens (tertiary/aromatic N) is 4. The van der Waals surface area contributed by atoms with Crippen LogP contribution in [0, 0.1) is 17.1 Å². The van der Waals surface area contributed by atoms with Gasteiger partial charge in [-0.25, -0.2) is 13.9 Å². The number of nitriles is 1. The first kappa shape index (κ1) is 23.2. The average molecular weight is 494 g/mol. The molecular weight excluding hydrogens is 477 g/mol. The second-order valence-corrected chi connectivity index (χ2v) is 8.66. The van der Waals surface area contributed by atoms with E-state index in [0.29, 0.717) is 17.2 Å². The van der Waals surface area contributed by atoms with E-state index in [-0.39, 0.29) is 11.6 Å². The minimum atomic E-state index is -0.874. The number of amides is 1. The normalized spacial score (nSPS) is 10.5. The zero-order chi connectivity index (χ0) is 23.9. The lowest BCUT2D eigenvalue weighted by Crippen LogP contribution is -2.21. The van der Waals surface area contributed by atoms with Crippen LogP contribution in [-0.2, 0) is 9.53 Å². The number of thioether (sulfide) groups is 1. The second kappa shape index (κ2) is 10.7. The van der Waals surface area contributed by atoms with Gasteiger partial charge in [0.2, 0.25) is 0 Å². The van der Waals surface area contributed by atoms with E-state index in [0.717, 1.165) is 9.77 Å². The van der Waals surface area contributed by atoms with Crippen LogP contribution in [0.3, 0.4) is 0 Å². The fraction of sp³-hybridized carbons (Fsp3) is 0.0870. The van der Waals surface area contributed by atoms with Crippen molar-refractivity contribution in [3.63, 3.8) is 0 Å². The lowest BCUT2D eigenvalue weighted by atomic mass is 10.3. The number of nitrogens with one attached hydrogen (secondary N) is 1. The third-order valence-electron chi connectivity index (χ3n) is 4.39. The van der Waals surface area contributed by atoms with E-state index in [1.165, 1.54) is 52.0 Å². The number of para-hydroxylation sites is 1. The molecular formula is C23H16FN5O3S2. The maximum absolute atomic E-state index is 13.4. The monoisotopic (exact) mass is 493 g/mol. The maximum atomic E-state index is 13.4. The van der Waals surface area contributed by atoms with Crippen LogP contribution in [0.4, 0.5) is 10.1 Å². The molecule has 4 rings (SSSR count). The molecule has 0 aliphatic heterocycles. The van der Waals surface area contributed by atoms with Crippen molar-refractivity contribution in [1.82, 2.24) is 14.8 Å². The summed E-state index contributed by atoms with van der Waals surface area (Å²) in [6.07, 6.45) is 0. The minimum absolute atomic E-state index is 0.231. The SMILES string of the molecule is N#CCSc1ccccc1NC(=O)COC(=O)c1nc(-c2cccs2)n(-c2ccc(F)cc2)n1. The topological polar surface area (TPSA) is 110 Å². The van der Waals surface area contributed by atoms with Gasteiger partial charge < -0.3 is 10.1 Å². The fourth-order valence-electron chi connectivity index (χ4n) is 2.91. The van der Waals surface area contributed by atoms with Crippen LogP contribution in [0.15, 0.2) is 70.9 Å². The summed E-state index contributed by atoms with van der Waals surface area (Å²) in [4.78, 5) is 30.7. The van der Waals surface area contributed by atoms with Crippen molar-refractivity contribution in [2.24, 2.45) is 0 Å². The van der Waals surface area contributed by atoms with Crippen molar-refractivity contribution >= 4 is 40.7 Å². The Bertz CT molecular complexity index is 1350. The number of hydrogen-bond donors (Lipinski definition) is 1. The highest BCUT2D eigenvalue weighted by atomic mass is 32.2. The summed E-state index contributed by atoms with van der Waals surface area (Å²) in [7, 11) is 0. The molecule has 8 nitrogen and oxygen atoms in total. The van der Waals surface area contributed by atoms with Crippen molar-refractivity contribution in [2.75, 3.05) is 17.7 Å². The summed E-state index contributed by atoms with van der Waals surface area (Å²) in [5, 5.41) is 17.5. The smallest absolute Gasteiger partial charge is 0.378 e. The van der Waals surface area contributed by atoms with Crippen molar-refractivity contribution in [1.29, 1.82) is 5.26 Å². The van der Waals surface area contributed by atoms with Crippen LogP contribution in [0.25, 0.3) is 16.4 Å². The summed E-state index contributed by atoms with van der Waals surface area (Å²) in [5.41, 5.74) is 1.03. The van der Waals surface area contributed by atoms with E-state index in [4.69, 9.17) is 10.00 Å². The molecule has 34 heavy (non-hydrogen) atoms. The molecule has 0 unspecified atom stereocenters. The zero-order valence-electron chi connectivity index (χ0n) is 17.5. The van der Waals surface area contributed by atoms with Crippen LogP contribution in [0.5, 0.6) is 0 Å². The Hall–Kier alpha value is -4.01. The number of esters is 1. The first-order chi connectivity index (χ1) is 16.5. The van der Waals surface area contributed by atoms with Gasteiger partial charge in [0, 0.05) is 4.90 Å². The van der Waals surface area contributed by atoms with Crippen LogP contribution in [-0.4, -0.2) is 39.0 Å². The van der Waals surface area contributed by atoms with Gasteiger partial charge in [-0.05, 0) is 47.8 Å². The van der Waals surface area contributed by atoms with Crippen LogP contribution < -0.4 is 5.32 Å². The molecule has 0 radical (unpaired) electrons. The number of thiophene rings is 1. The summed E-state index contributed by atoms with van der Waals surface area (Å²) in [6.45, 7) is -0.546. The van der Waals surface area contributed by atoms with Crippen molar-refractivity contribution in [3.8, 4) is 22.5 Å². The average Bonchev–Trinajstić information content (AvgIpc) is 3.53. The second-order valence-electron chi connectivity index (χ2n) is 6.69. The Labute approximate surface area is 202 Å². The molecule has 1 amide bonds. The number of rotatable bonds is 8. The molecule has 2 aromatic heterocycles. The van der Waals surface area contributed by atoms with Crippen molar-refractivity contribution in [3.05, 3.63) is 77.7 Å². The predicted molar refractivity (Wildman–Crippen MR) is 126 cm³/mol. The number of carbonyl (C=O) groups excluding carboxylic acids is 2. The molecule has 0 spiro atoms. The van der Waals surface area contributed by atoms with E-state index in [1.54, 1.807) is 24.3 Å². The Morgan fingerprint density at radius 3 is 2.68 bits per heavy atom. The molecule has 2 heterocycles. The zero-order valence-corrected chi connectivity index (χ0v) is 19.1. The first-order valence-corrected chi connectivity index (χ1v) is 11.7. The van der Waals surface area contributed by atoms with Gasteiger partial charge in [-0.15, -0.1) is 28.2 Å². The van der Waals surface area contributed by atoms with Gasteiger partial charge in [0.15, 0.2) is 12.4 Å². The van der Waals surface area contributed by atoms with E-state index in [9.17, 15) is 14.0 Å². The molecule has 0 saturated heterocycles. The number of anilines is 1. The Kier molecular flexibility index (Phi) is 7.31. The largest absolute Gasteiger partial charge is 0.450 e. The van der Waals surface area contributed by atoms with Crippen LogP contribution in [0.2, 0.25) is 0 Å². The summed E-state index contributed by atoms with van der Waals surface area (Å²) in [6, 6.07) is 18.3. The third-order valence-corrected chi connectivity index (χ3v) is 6.20. The summed E-state index contributed by atoms with van der Waals surface area (Å²) >= 11 is 2.69. The van der Waals surface area contributed by atoms with Gasteiger partial charge in [-0.1, -0.05) is 18.2 Å². The maximum Gasteiger partial charge on any atom is 0.378 e. The first-order valence-electron chi connectivity index (χ1n) is 9.88. The highest BCUT2D eigenvalue weighted by Gasteiger charge is 2.21. The molecule has 0 bridgehead atoms. The Balaban J connectivity index is 1.47. The molecule has 0 saturated carbocycles. The standard InChI is InChI=1S/C23H16FN5O3S2/c24-15-7-9-16(10-8-15)29-22(19-6-3-12-33-19)27-21(28-29)23(31)32-14-20(30)26-17-4-1-2-5-18(17)34-13-11-25/h1-10,12H,13-14H2,(H,26,30). The van der Waals surface area contributed by atoms with E-state index < -0.39 is 24.3 Å². The molecule has 0 fully saturated rings. The summed E-state index contributed by atoms with van der Waals surface area (Å²) < 4.78 is 19.9. The molecule has 0 aliphatic carbocycles. The van der Waals surface area contributed by atoms with Gasteiger partial charge in [-0.3, -0.25) is 4.79 Å². The molecule has 4 aromatic rings. The van der Waals surface area contributed by atoms with E-state index in [1.807, 2.05) is 23.6 Å². The third kappa shape index (κ3) is 5.48. The summed E-state index contributed by atoms with van der Waals surface area (Å²) in [5.74, 6) is -1.43. The number of aromatic nitrogens is 3. The van der Waals surface area contributed by atoms with E-state index >= 15 is 0 Å². The molecule has 2 aromatic carbocycles. The van der Waals surface area contributed by atoms with Gasteiger partial charge >= 0.3 is 5.97 Å². The Morgan fingerprint density at radius 1 is 1.15 bits per heavy atom. The van der Waals surface area contributed by atoms with Crippen LogP contribution >= 0.6 is 23.1 Å². The van der Waals surface area contributed by atoms with Gasteiger partial charge in [-0.2, -0.15) is 10.2 Å². The molecule has 11 heteroatoms. The molecule has 0 aliphatic rings. The highest BCUT2D eigenvalue weighted by molar-refractivity contribution is 7.99. The lowest BCUT2D eigenvalue weighted by Gasteiger charge is -2.09. The molecule has 1 N–H and O–H groups in total. The number of carbonyl (C=O) groups is 2. The number of halogens is 1. The minimum Gasteiger partial charge on any atom is -0.450 e. The van der Waals surface area contributed by atoms with Gasteiger partial charge in [0.1, 0.15) is 5.82 Å².